The standard InChI is InChI=1S/C25H26FN5O/c1-28-20-10-15(26)9-19-18(20)11-21-23(19)24(22-13-4-5-14(22)8-16(27)7-13)31-25(30-21)32-17-3-2-6-29-12-17/h2-3,6,9-10,12-14,16,22,28H,4-5,7-8,11,27H2,1H3. The van der Waals surface area contributed by atoms with E-state index in [-0.39, 0.29) is 11.9 Å². The molecule has 32 heavy (non-hydrogen) atoms. The van der Waals surface area contributed by atoms with Gasteiger partial charge in [-0.3, -0.25) is 4.98 Å². The molecule has 0 radical (unpaired) electrons. The third kappa shape index (κ3) is 3.14. The molecule has 3 aromatic rings. The van der Waals surface area contributed by atoms with Crippen molar-refractivity contribution < 1.29 is 9.13 Å². The zero-order valence-corrected chi connectivity index (χ0v) is 18.0. The fraction of sp³-hybridized carbons (Fsp3) is 0.400. The molecular weight excluding hydrogens is 405 g/mol. The van der Waals surface area contributed by atoms with Gasteiger partial charge in [-0.15, -0.1) is 0 Å². The van der Waals surface area contributed by atoms with Crippen LogP contribution >= 0.6 is 0 Å². The number of benzene rings is 1. The van der Waals surface area contributed by atoms with Crippen LogP contribution in [-0.2, 0) is 6.42 Å². The van der Waals surface area contributed by atoms with Crippen LogP contribution in [0.3, 0.4) is 0 Å². The molecule has 1 aromatic carbocycles. The van der Waals surface area contributed by atoms with Crippen LogP contribution in [0, 0.1) is 17.7 Å². The molecule has 2 unspecified atom stereocenters. The molecular formula is C25H26FN5O. The molecule has 2 saturated carbocycles. The smallest absolute Gasteiger partial charge is 0.322 e. The van der Waals surface area contributed by atoms with Crippen molar-refractivity contribution in [1.29, 1.82) is 0 Å². The lowest BCUT2D eigenvalue weighted by Gasteiger charge is -2.34. The normalized spacial score (nSPS) is 25.3. The molecule has 3 aliphatic carbocycles. The maximum Gasteiger partial charge on any atom is 0.322 e. The van der Waals surface area contributed by atoms with Crippen molar-refractivity contribution in [3.8, 4) is 22.9 Å². The number of anilines is 1. The van der Waals surface area contributed by atoms with Crippen LogP contribution in [0.25, 0.3) is 11.1 Å². The van der Waals surface area contributed by atoms with Crippen molar-refractivity contribution in [2.75, 3.05) is 12.4 Å². The van der Waals surface area contributed by atoms with Gasteiger partial charge in [0.25, 0.3) is 0 Å². The Balaban J connectivity index is 1.52. The molecule has 3 aliphatic rings. The number of aromatic nitrogens is 3. The Morgan fingerprint density at radius 2 is 1.97 bits per heavy atom. The highest BCUT2D eigenvalue weighted by molar-refractivity contribution is 5.83. The Morgan fingerprint density at radius 1 is 1.16 bits per heavy atom. The van der Waals surface area contributed by atoms with Gasteiger partial charge >= 0.3 is 6.01 Å². The fourth-order valence-corrected chi connectivity index (χ4v) is 6.19. The van der Waals surface area contributed by atoms with Crippen LogP contribution in [0.4, 0.5) is 10.1 Å². The highest BCUT2D eigenvalue weighted by atomic mass is 19.1. The summed E-state index contributed by atoms with van der Waals surface area (Å²) in [6.07, 6.45) is 8.34. The molecule has 164 valence electrons. The Kier molecular flexibility index (Phi) is 4.61. The second-order valence-corrected chi connectivity index (χ2v) is 9.26. The average molecular weight is 432 g/mol. The maximum atomic E-state index is 14.5. The number of ether oxygens (including phenoxy) is 1. The number of nitrogens with zero attached hydrogens (tertiary/aromatic N) is 3. The number of rotatable bonds is 4. The number of nitrogens with two attached hydrogens (primary N) is 1. The van der Waals surface area contributed by atoms with Gasteiger partial charge in [-0.05, 0) is 72.9 Å². The van der Waals surface area contributed by atoms with Crippen molar-refractivity contribution >= 4 is 5.69 Å². The first-order valence-corrected chi connectivity index (χ1v) is 11.4. The van der Waals surface area contributed by atoms with E-state index >= 15 is 0 Å². The first-order valence-electron chi connectivity index (χ1n) is 11.4. The summed E-state index contributed by atoms with van der Waals surface area (Å²) in [4.78, 5) is 13.9. The average Bonchev–Trinajstić information content (AvgIpc) is 3.28. The van der Waals surface area contributed by atoms with Gasteiger partial charge in [0.15, 0.2) is 0 Å². The SMILES string of the molecule is CNc1cc(F)cc2c1Cc1nc(Oc3cccnc3)nc(C3C4CCC3CC(N)C4)c1-2. The summed E-state index contributed by atoms with van der Waals surface area (Å²) in [5.41, 5.74) is 12.0. The zero-order chi connectivity index (χ0) is 21.8. The predicted octanol–water partition coefficient (Wildman–Crippen LogP) is 4.65. The fourth-order valence-electron chi connectivity index (χ4n) is 6.19. The molecule has 6 rings (SSSR count). The monoisotopic (exact) mass is 431 g/mol. The van der Waals surface area contributed by atoms with E-state index in [9.17, 15) is 4.39 Å². The number of hydrogen-bond donors (Lipinski definition) is 2. The van der Waals surface area contributed by atoms with Crippen LogP contribution < -0.4 is 15.8 Å². The quantitative estimate of drug-likeness (QED) is 0.489. The highest BCUT2D eigenvalue weighted by Gasteiger charge is 2.45. The van der Waals surface area contributed by atoms with E-state index in [1.165, 1.54) is 12.8 Å². The lowest BCUT2D eigenvalue weighted by Crippen LogP contribution is -2.34. The second kappa shape index (κ2) is 7.52. The third-order valence-electron chi connectivity index (χ3n) is 7.38. The van der Waals surface area contributed by atoms with E-state index < -0.39 is 0 Å². The van der Waals surface area contributed by atoms with Gasteiger partial charge < -0.3 is 15.8 Å². The zero-order valence-electron chi connectivity index (χ0n) is 18.0. The van der Waals surface area contributed by atoms with E-state index in [0.29, 0.717) is 35.9 Å². The summed E-state index contributed by atoms with van der Waals surface area (Å²) >= 11 is 0. The minimum atomic E-state index is -0.253. The molecule has 2 atom stereocenters. The van der Waals surface area contributed by atoms with Gasteiger partial charge in [-0.2, -0.15) is 9.97 Å². The van der Waals surface area contributed by atoms with Crippen molar-refractivity contribution in [2.24, 2.45) is 17.6 Å². The van der Waals surface area contributed by atoms with Gasteiger partial charge in [0.05, 0.1) is 17.6 Å². The maximum absolute atomic E-state index is 14.5. The molecule has 2 fully saturated rings. The molecule has 0 spiro atoms. The molecule has 2 heterocycles. The Bertz CT molecular complexity index is 1170. The van der Waals surface area contributed by atoms with Crippen LogP contribution in [0.5, 0.6) is 11.8 Å². The number of hydrogen-bond acceptors (Lipinski definition) is 6. The second-order valence-electron chi connectivity index (χ2n) is 9.26. The Hall–Kier alpha value is -3.06. The number of nitrogens with one attached hydrogen (secondary N) is 1. The van der Waals surface area contributed by atoms with E-state index in [1.54, 1.807) is 24.5 Å². The number of halogens is 1. The molecule has 6 nitrogen and oxygen atoms in total. The Labute approximate surface area is 186 Å². The first-order chi connectivity index (χ1) is 15.6. The molecule has 0 amide bonds. The van der Waals surface area contributed by atoms with Crippen molar-refractivity contribution in [1.82, 2.24) is 15.0 Å². The van der Waals surface area contributed by atoms with Crippen molar-refractivity contribution in [3.63, 3.8) is 0 Å². The van der Waals surface area contributed by atoms with Crippen LogP contribution in [0.2, 0.25) is 0 Å². The minimum absolute atomic E-state index is 0.253. The van der Waals surface area contributed by atoms with Crippen LogP contribution in [0.15, 0.2) is 36.7 Å². The van der Waals surface area contributed by atoms with Gasteiger partial charge in [0, 0.05) is 42.9 Å². The van der Waals surface area contributed by atoms with Gasteiger partial charge in [0.1, 0.15) is 11.6 Å². The summed E-state index contributed by atoms with van der Waals surface area (Å²) in [6, 6.07) is 7.44. The van der Waals surface area contributed by atoms with E-state index in [4.69, 9.17) is 20.4 Å². The lowest BCUT2D eigenvalue weighted by atomic mass is 9.73. The molecule has 7 heteroatoms. The molecule has 3 N–H and O–H groups in total. The van der Waals surface area contributed by atoms with Gasteiger partial charge in [-0.1, -0.05) is 0 Å². The van der Waals surface area contributed by atoms with Crippen LogP contribution in [0.1, 0.15) is 48.6 Å². The lowest BCUT2D eigenvalue weighted by molar-refractivity contribution is 0.267. The first kappa shape index (κ1) is 19.6. The molecule has 2 bridgehead atoms. The molecule has 2 aromatic heterocycles. The summed E-state index contributed by atoms with van der Waals surface area (Å²) in [6.45, 7) is 0. The van der Waals surface area contributed by atoms with E-state index in [1.807, 2.05) is 19.2 Å². The molecule has 0 saturated heterocycles. The predicted molar refractivity (Wildman–Crippen MR) is 120 cm³/mol. The van der Waals surface area contributed by atoms with E-state index in [0.717, 1.165) is 46.6 Å². The summed E-state index contributed by atoms with van der Waals surface area (Å²) in [5.74, 6) is 1.64. The van der Waals surface area contributed by atoms with E-state index in [2.05, 4.69) is 10.3 Å². The topological polar surface area (TPSA) is 86.0 Å². The summed E-state index contributed by atoms with van der Waals surface area (Å²) in [5, 5.41) is 3.15. The van der Waals surface area contributed by atoms with Crippen molar-refractivity contribution in [3.05, 3.63) is 59.4 Å². The van der Waals surface area contributed by atoms with Crippen LogP contribution in [-0.4, -0.2) is 28.0 Å². The highest BCUT2D eigenvalue weighted by Crippen LogP contribution is 2.55. The summed E-state index contributed by atoms with van der Waals surface area (Å²) in [7, 11) is 1.82. The van der Waals surface area contributed by atoms with Gasteiger partial charge in [0.2, 0.25) is 0 Å². The molecule has 0 aliphatic heterocycles. The Morgan fingerprint density at radius 3 is 2.69 bits per heavy atom. The van der Waals surface area contributed by atoms with Crippen molar-refractivity contribution in [2.45, 2.75) is 44.1 Å². The number of pyridine rings is 1. The summed E-state index contributed by atoms with van der Waals surface area (Å²) < 4.78 is 20.6. The minimum Gasteiger partial charge on any atom is -0.423 e. The number of fused-ring (bicyclic) bond motifs is 5. The third-order valence-corrected chi connectivity index (χ3v) is 7.38. The largest absolute Gasteiger partial charge is 0.423 e. The van der Waals surface area contributed by atoms with Gasteiger partial charge in [-0.25, -0.2) is 4.39 Å².